The smallest absolute Gasteiger partial charge is 0.257 e. The minimum absolute atomic E-state index is 0.0311. The van der Waals surface area contributed by atoms with Crippen molar-refractivity contribution < 1.29 is 9.90 Å². The van der Waals surface area contributed by atoms with Crippen LogP contribution in [0.3, 0.4) is 0 Å². The first-order chi connectivity index (χ1) is 8.58. The van der Waals surface area contributed by atoms with E-state index < -0.39 is 0 Å². The van der Waals surface area contributed by atoms with Gasteiger partial charge in [-0.05, 0) is 30.5 Å². The Bertz CT molecular complexity index is 549. The van der Waals surface area contributed by atoms with Crippen LogP contribution in [0.4, 0.5) is 0 Å². The minimum Gasteiger partial charge on any atom is -0.507 e. The molecule has 2 rings (SSSR count). The molecule has 2 aromatic rings. The lowest BCUT2D eigenvalue weighted by molar-refractivity contribution is 0.0783. The Hall–Kier alpha value is -1.81. The van der Waals surface area contributed by atoms with Crippen molar-refractivity contribution in [3.05, 3.63) is 51.7 Å². The van der Waals surface area contributed by atoms with E-state index in [1.807, 2.05) is 24.4 Å². The molecule has 4 heteroatoms. The normalized spacial score (nSPS) is 10.3. The summed E-state index contributed by atoms with van der Waals surface area (Å²) in [6, 6.07) is 9.00. The van der Waals surface area contributed by atoms with Gasteiger partial charge in [-0.1, -0.05) is 17.7 Å². The van der Waals surface area contributed by atoms with Crippen LogP contribution < -0.4 is 0 Å². The van der Waals surface area contributed by atoms with Crippen molar-refractivity contribution >= 4 is 17.2 Å². The van der Waals surface area contributed by atoms with Crippen molar-refractivity contribution in [1.29, 1.82) is 0 Å². The maximum Gasteiger partial charge on any atom is 0.257 e. The Labute approximate surface area is 110 Å². The number of phenols is 1. The number of hydrogen-bond acceptors (Lipinski definition) is 3. The molecular weight excluding hydrogens is 246 g/mol. The predicted molar refractivity (Wildman–Crippen MR) is 73.0 cm³/mol. The van der Waals surface area contributed by atoms with E-state index in [0.717, 1.165) is 10.4 Å². The van der Waals surface area contributed by atoms with Gasteiger partial charge in [0, 0.05) is 11.9 Å². The number of hydrogen-bond donors (Lipinski definition) is 1. The van der Waals surface area contributed by atoms with E-state index in [9.17, 15) is 9.90 Å². The van der Waals surface area contributed by atoms with E-state index in [4.69, 9.17) is 0 Å². The van der Waals surface area contributed by atoms with Crippen LogP contribution in [0, 0.1) is 6.92 Å². The number of aromatic hydroxyl groups is 1. The van der Waals surface area contributed by atoms with Crippen molar-refractivity contribution in [1.82, 2.24) is 4.90 Å². The number of phenolic OH excluding ortho intramolecular Hbond substituents is 1. The highest BCUT2D eigenvalue weighted by Crippen LogP contribution is 2.21. The highest BCUT2D eigenvalue weighted by molar-refractivity contribution is 7.09. The summed E-state index contributed by atoms with van der Waals surface area (Å²) >= 11 is 1.61. The standard InChI is InChI=1S/C14H15NO2S/c1-10-5-6-13(16)12(8-10)14(17)15(2)9-11-4-3-7-18-11/h3-8,16H,9H2,1-2H3. The molecule has 0 spiro atoms. The van der Waals surface area contributed by atoms with Crippen LogP contribution in [0.25, 0.3) is 0 Å². The van der Waals surface area contributed by atoms with Crippen LogP contribution in [-0.4, -0.2) is 23.0 Å². The lowest BCUT2D eigenvalue weighted by Gasteiger charge is -2.17. The van der Waals surface area contributed by atoms with Gasteiger partial charge in [0.25, 0.3) is 5.91 Å². The summed E-state index contributed by atoms with van der Waals surface area (Å²) in [6.07, 6.45) is 0. The molecule has 94 valence electrons. The molecule has 0 bridgehead atoms. The Morgan fingerprint density at radius 3 is 2.83 bits per heavy atom. The molecule has 0 atom stereocenters. The van der Waals surface area contributed by atoms with Gasteiger partial charge in [-0.15, -0.1) is 11.3 Å². The molecule has 0 radical (unpaired) electrons. The molecule has 0 fully saturated rings. The topological polar surface area (TPSA) is 40.5 Å². The summed E-state index contributed by atoms with van der Waals surface area (Å²) in [5, 5.41) is 11.7. The SMILES string of the molecule is Cc1ccc(O)c(C(=O)N(C)Cc2cccs2)c1. The molecule has 1 aromatic heterocycles. The molecular formula is C14H15NO2S. The largest absolute Gasteiger partial charge is 0.507 e. The second kappa shape index (κ2) is 5.23. The van der Waals surface area contributed by atoms with Gasteiger partial charge in [-0.25, -0.2) is 0 Å². The Morgan fingerprint density at radius 2 is 2.17 bits per heavy atom. The quantitative estimate of drug-likeness (QED) is 0.922. The number of carbonyl (C=O) groups is 1. The number of aryl methyl sites for hydroxylation is 1. The van der Waals surface area contributed by atoms with Gasteiger partial charge in [0.15, 0.2) is 0 Å². The van der Waals surface area contributed by atoms with Crippen LogP contribution in [0.1, 0.15) is 20.8 Å². The summed E-state index contributed by atoms with van der Waals surface area (Å²) in [5.41, 5.74) is 1.31. The molecule has 18 heavy (non-hydrogen) atoms. The van der Waals surface area contributed by atoms with E-state index in [1.165, 1.54) is 0 Å². The first-order valence-corrected chi connectivity index (χ1v) is 6.53. The number of carbonyl (C=O) groups excluding carboxylic acids is 1. The molecule has 0 unspecified atom stereocenters. The number of rotatable bonds is 3. The molecule has 0 aliphatic heterocycles. The number of amides is 1. The van der Waals surface area contributed by atoms with E-state index >= 15 is 0 Å². The monoisotopic (exact) mass is 261 g/mol. The van der Waals surface area contributed by atoms with Gasteiger partial charge >= 0.3 is 0 Å². The third-order valence-electron chi connectivity index (χ3n) is 2.70. The predicted octanol–water partition coefficient (Wildman–Crippen LogP) is 3.03. The summed E-state index contributed by atoms with van der Waals surface area (Å²) in [7, 11) is 1.74. The maximum absolute atomic E-state index is 12.2. The molecule has 0 aliphatic carbocycles. The van der Waals surface area contributed by atoms with Crippen LogP contribution >= 0.6 is 11.3 Å². The van der Waals surface area contributed by atoms with Crippen LogP contribution in [0.5, 0.6) is 5.75 Å². The second-order valence-corrected chi connectivity index (χ2v) is 5.29. The number of benzene rings is 1. The van der Waals surface area contributed by atoms with Gasteiger partial charge in [0.2, 0.25) is 0 Å². The average molecular weight is 261 g/mol. The minimum atomic E-state index is -0.162. The molecule has 0 saturated carbocycles. The van der Waals surface area contributed by atoms with Gasteiger partial charge in [-0.3, -0.25) is 4.79 Å². The first kappa shape index (κ1) is 12.6. The third-order valence-corrected chi connectivity index (χ3v) is 3.56. The molecule has 1 aromatic carbocycles. The molecule has 1 amide bonds. The summed E-state index contributed by atoms with van der Waals surface area (Å²) in [5.74, 6) is -0.131. The van der Waals surface area contributed by atoms with E-state index in [-0.39, 0.29) is 11.7 Å². The fourth-order valence-electron chi connectivity index (χ4n) is 1.73. The van der Waals surface area contributed by atoms with Crippen LogP contribution in [0.2, 0.25) is 0 Å². The van der Waals surface area contributed by atoms with Gasteiger partial charge in [-0.2, -0.15) is 0 Å². The average Bonchev–Trinajstić information content (AvgIpc) is 2.84. The second-order valence-electron chi connectivity index (χ2n) is 4.26. The molecule has 1 N–H and O–H groups in total. The summed E-state index contributed by atoms with van der Waals surface area (Å²) in [4.78, 5) is 14.9. The van der Waals surface area contributed by atoms with E-state index in [1.54, 1.807) is 41.5 Å². The zero-order valence-electron chi connectivity index (χ0n) is 10.4. The van der Waals surface area contributed by atoms with Crippen molar-refractivity contribution in [2.75, 3.05) is 7.05 Å². The highest BCUT2D eigenvalue weighted by Gasteiger charge is 2.16. The molecule has 3 nitrogen and oxygen atoms in total. The number of nitrogens with zero attached hydrogens (tertiary/aromatic N) is 1. The summed E-state index contributed by atoms with van der Waals surface area (Å²) in [6.45, 7) is 2.46. The van der Waals surface area contributed by atoms with Crippen molar-refractivity contribution in [2.45, 2.75) is 13.5 Å². The van der Waals surface area contributed by atoms with Crippen molar-refractivity contribution in [2.24, 2.45) is 0 Å². The molecule has 0 aliphatic rings. The fourth-order valence-corrected chi connectivity index (χ4v) is 2.49. The Kier molecular flexibility index (Phi) is 3.67. The Balaban J connectivity index is 2.17. The van der Waals surface area contributed by atoms with Crippen molar-refractivity contribution in [3.63, 3.8) is 0 Å². The zero-order chi connectivity index (χ0) is 13.1. The van der Waals surface area contributed by atoms with Crippen LogP contribution in [0.15, 0.2) is 35.7 Å². The van der Waals surface area contributed by atoms with Crippen LogP contribution in [-0.2, 0) is 6.54 Å². The van der Waals surface area contributed by atoms with Gasteiger partial charge in [0.05, 0.1) is 12.1 Å². The lowest BCUT2D eigenvalue weighted by Crippen LogP contribution is -2.25. The highest BCUT2D eigenvalue weighted by atomic mass is 32.1. The third kappa shape index (κ3) is 2.71. The maximum atomic E-state index is 12.2. The van der Waals surface area contributed by atoms with E-state index in [0.29, 0.717) is 12.1 Å². The van der Waals surface area contributed by atoms with Gasteiger partial charge in [0.1, 0.15) is 5.75 Å². The van der Waals surface area contributed by atoms with E-state index in [2.05, 4.69) is 0 Å². The summed E-state index contributed by atoms with van der Waals surface area (Å²) < 4.78 is 0. The first-order valence-electron chi connectivity index (χ1n) is 5.65. The van der Waals surface area contributed by atoms with Gasteiger partial charge < -0.3 is 10.0 Å². The lowest BCUT2D eigenvalue weighted by atomic mass is 10.1. The zero-order valence-corrected chi connectivity index (χ0v) is 11.2. The van der Waals surface area contributed by atoms with Crippen molar-refractivity contribution in [3.8, 4) is 5.75 Å². The number of thiophene rings is 1. The fraction of sp³-hybridized carbons (Fsp3) is 0.214. The molecule has 1 heterocycles. The molecule has 0 saturated heterocycles. The Morgan fingerprint density at radius 1 is 1.39 bits per heavy atom.